The Morgan fingerprint density at radius 1 is 1.12 bits per heavy atom. The molecule has 0 fully saturated rings. The zero-order chi connectivity index (χ0) is 17.1. The molecule has 0 saturated heterocycles. The number of carbonyl (C=O) groups excluding carboxylic acids is 3. The van der Waals surface area contributed by atoms with Crippen LogP contribution in [-0.4, -0.2) is 17.6 Å². The van der Waals surface area contributed by atoms with E-state index in [9.17, 15) is 14.4 Å². The molecule has 6 heteroatoms. The molecule has 122 valence electrons. The van der Waals surface area contributed by atoms with Gasteiger partial charge in [-0.05, 0) is 42.0 Å². The fraction of sp³-hybridized carbons (Fsp3) is 0.167. The Morgan fingerprint density at radius 2 is 1.96 bits per heavy atom. The van der Waals surface area contributed by atoms with Gasteiger partial charge < -0.3 is 10.6 Å². The zero-order valence-corrected chi connectivity index (χ0v) is 13.5. The molecule has 0 unspecified atom stereocenters. The largest absolute Gasteiger partial charge is 0.326 e. The number of carbonyl (C=O) groups is 3. The molecule has 0 aromatic heterocycles. The highest BCUT2D eigenvalue weighted by Crippen LogP contribution is 2.24. The molecule has 5 nitrogen and oxygen atoms in total. The summed E-state index contributed by atoms with van der Waals surface area (Å²) in [7, 11) is 0. The number of hydrogen-bond donors (Lipinski definition) is 2. The zero-order valence-electron chi connectivity index (χ0n) is 12.8. The van der Waals surface area contributed by atoms with Crippen molar-refractivity contribution in [3.63, 3.8) is 0 Å². The molecule has 2 aromatic rings. The molecule has 2 N–H and O–H groups in total. The fourth-order valence-corrected chi connectivity index (χ4v) is 2.75. The number of fused-ring (bicyclic) bond motifs is 1. The molecule has 0 bridgehead atoms. The fourth-order valence-electron chi connectivity index (χ4n) is 2.56. The molecular formula is C18H15ClN2O3. The van der Waals surface area contributed by atoms with Gasteiger partial charge in [-0.2, -0.15) is 0 Å². The maximum Gasteiger partial charge on any atom is 0.228 e. The number of nitrogens with one attached hydrogen (secondary N) is 2. The van der Waals surface area contributed by atoms with Crippen LogP contribution in [0.5, 0.6) is 0 Å². The number of amides is 2. The second kappa shape index (κ2) is 6.84. The minimum Gasteiger partial charge on any atom is -0.326 e. The van der Waals surface area contributed by atoms with Gasteiger partial charge >= 0.3 is 0 Å². The van der Waals surface area contributed by atoms with Gasteiger partial charge in [-0.1, -0.05) is 17.7 Å². The Bertz CT molecular complexity index is 833. The molecule has 2 amide bonds. The first-order chi connectivity index (χ1) is 11.5. The van der Waals surface area contributed by atoms with Crippen LogP contribution in [0.3, 0.4) is 0 Å². The van der Waals surface area contributed by atoms with E-state index in [1.165, 1.54) is 0 Å². The van der Waals surface area contributed by atoms with E-state index in [0.29, 0.717) is 16.3 Å². The van der Waals surface area contributed by atoms with Crippen molar-refractivity contribution >= 4 is 40.6 Å². The van der Waals surface area contributed by atoms with Gasteiger partial charge in [0.1, 0.15) is 0 Å². The first-order valence-electron chi connectivity index (χ1n) is 7.52. The van der Waals surface area contributed by atoms with Crippen LogP contribution in [0.2, 0.25) is 5.02 Å². The van der Waals surface area contributed by atoms with E-state index < -0.39 is 0 Å². The normalized spacial score (nSPS) is 12.5. The van der Waals surface area contributed by atoms with Gasteiger partial charge in [0.15, 0.2) is 5.78 Å². The Balaban J connectivity index is 1.57. The number of benzene rings is 2. The third kappa shape index (κ3) is 3.81. The van der Waals surface area contributed by atoms with Crippen LogP contribution in [0.1, 0.15) is 28.8 Å². The van der Waals surface area contributed by atoms with Gasteiger partial charge in [-0.3, -0.25) is 14.4 Å². The number of Topliss-reactive ketones (excluding diaryl/α,β-unsaturated/α-hetero) is 1. The maximum absolute atomic E-state index is 12.2. The van der Waals surface area contributed by atoms with Crippen molar-refractivity contribution in [3.8, 4) is 0 Å². The number of rotatable bonds is 5. The van der Waals surface area contributed by atoms with E-state index >= 15 is 0 Å². The van der Waals surface area contributed by atoms with Gasteiger partial charge in [-0.15, -0.1) is 0 Å². The van der Waals surface area contributed by atoms with Gasteiger partial charge in [0, 0.05) is 34.8 Å². The van der Waals surface area contributed by atoms with Crippen molar-refractivity contribution in [3.05, 3.63) is 58.6 Å². The van der Waals surface area contributed by atoms with Crippen molar-refractivity contribution < 1.29 is 14.4 Å². The Labute approximate surface area is 144 Å². The summed E-state index contributed by atoms with van der Waals surface area (Å²) < 4.78 is 0. The summed E-state index contributed by atoms with van der Waals surface area (Å²) in [5, 5.41) is 5.96. The van der Waals surface area contributed by atoms with E-state index in [-0.39, 0.29) is 36.9 Å². The predicted octanol–water partition coefficient (Wildman–Crippen LogP) is 3.44. The highest BCUT2D eigenvalue weighted by atomic mass is 35.5. The van der Waals surface area contributed by atoms with Gasteiger partial charge in [0.05, 0.1) is 6.42 Å². The number of halogens is 1. The molecule has 0 radical (unpaired) electrons. The van der Waals surface area contributed by atoms with Crippen LogP contribution in [0, 0.1) is 0 Å². The highest BCUT2D eigenvalue weighted by molar-refractivity contribution is 6.30. The van der Waals surface area contributed by atoms with Crippen molar-refractivity contribution in [2.24, 2.45) is 0 Å². The summed E-state index contributed by atoms with van der Waals surface area (Å²) in [6, 6.07) is 11.9. The van der Waals surface area contributed by atoms with E-state index in [2.05, 4.69) is 10.6 Å². The van der Waals surface area contributed by atoms with Gasteiger partial charge in [0.25, 0.3) is 0 Å². The summed E-state index contributed by atoms with van der Waals surface area (Å²) >= 11 is 5.86. The predicted molar refractivity (Wildman–Crippen MR) is 92.4 cm³/mol. The highest BCUT2D eigenvalue weighted by Gasteiger charge is 2.19. The molecule has 0 aliphatic carbocycles. The van der Waals surface area contributed by atoms with E-state index in [0.717, 1.165) is 11.3 Å². The van der Waals surface area contributed by atoms with Crippen LogP contribution in [0.15, 0.2) is 42.5 Å². The molecule has 0 saturated carbocycles. The van der Waals surface area contributed by atoms with Gasteiger partial charge in [0.2, 0.25) is 11.8 Å². The monoisotopic (exact) mass is 342 g/mol. The van der Waals surface area contributed by atoms with Crippen molar-refractivity contribution in [2.75, 3.05) is 10.6 Å². The number of ketones is 1. The summed E-state index contributed by atoms with van der Waals surface area (Å²) in [5.74, 6) is -0.447. The van der Waals surface area contributed by atoms with Crippen LogP contribution < -0.4 is 10.6 Å². The summed E-state index contributed by atoms with van der Waals surface area (Å²) in [4.78, 5) is 35.5. The number of hydrogen-bond acceptors (Lipinski definition) is 3. The minimum absolute atomic E-state index is 0.0736. The Kier molecular flexibility index (Phi) is 4.62. The van der Waals surface area contributed by atoms with E-state index in [4.69, 9.17) is 11.6 Å². The average molecular weight is 343 g/mol. The molecular weight excluding hydrogens is 328 g/mol. The third-order valence-corrected chi connectivity index (χ3v) is 3.97. The molecule has 24 heavy (non-hydrogen) atoms. The van der Waals surface area contributed by atoms with Crippen molar-refractivity contribution in [1.82, 2.24) is 0 Å². The van der Waals surface area contributed by atoms with Crippen molar-refractivity contribution in [2.45, 2.75) is 19.3 Å². The lowest BCUT2D eigenvalue weighted by atomic mass is 10.0. The first kappa shape index (κ1) is 16.2. The van der Waals surface area contributed by atoms with Crippen molar-refractivity contribution in [1.29, 1.82) is 0 Å². The summed E-state index contributed by atoms with van der Waals surface area (Å²) in [5.41, 5.74) is 2.67. The molecule has 2 aromatic carbocycles. The lowest BCUT2D eigenvalue weighted by Crippen LogP contribution is -2.13. The lowest BCUT2D eigenvalue weighted by molar-refractivity contribution is -0.116. The van der Waals surface area contributed by atoms with Crippen LogP contribution in [-0.2, 0) is 16.0 Å². The molecule has 1 aliphatic heterocycles. The standard InChI is InChI=1S/C18H15ClN2O3/c19-13-2-1-3-14(10-13)20-17(23)7-6-16(22)11-4-5-15-12(8-11)9-18(24)21-15/h1-5,8,10H,6-7,9H2,(H,20,23)(H,21,24). The smallest absolute Gasteiger partial charge is 0.228 e. The average Bonchev–Trinajstić information content (AvgIpc) is 2.91. The Morgan fingerprint density at radius 3 is 2.75 bits per heavy atom. The summed E-state index contributed by atoms with van der Waals surface area (Å²) in [6.07, 6.45) is 0.470. The van der Waals surface area contributed by atoms with Crippen LogP contribution >= 0.6 is 11.6 Å². The topological polar surface area (TPSA) is 75.3 Å². The molecule has 0 atom stereocenters. The Hall–Kier alpha value is -2.66. The van der Waals surface area contributed by atoms with E-state index in [1.807, 2.05) is 0 Å². The van der Waals surface area contributed by atoms with E-state index in [1.54, 1.807) is 42.5 Å². The SMILES string of the molecule is O=C(CCC(=O)c1ccc2c(c1)CC(=O)N2)Nc1cccc(Cl)c1. The number of anilines is 2. The second-order valence-corrected chi connectivity index (χ2v) is 6.02. The van der Waals surface area contributed by atoms with Crippen LogP contribution in [0.25, 0.3) is 0 Å². The molecule has 1 heterocycles. The first-order valence-corrected chi connectivity index (χ1v) is 7.90. The second-order valence-electron chi connectivity index (χ2n) is 5.58. The maximum atomic E-state index is 12.2. The van der Waals surface area contributed by atoms with Gasteiger partial charge in [-0.25, -0.2) is 0 Å². The third-order valence-electron chi connectivity index (χ3n) is 3.74. The lowest BCUT2D eigenvalue weighted by Gasteiger charge is -2.06. The summed E-state index contributed by atoms with van der Waals surface area (Å²) in [6.45, 7) is 0. The molecule has 1 aliphatic rings. The quantitative estimate of drug-likeness (QED) is 0.817. The molecule has 0 spiro atoms. The molecule has 3 rings (SSSR count). The minimum atomic E-state index is -0.247. The van der Waals surface area contributed by atoms with Crippen LogP contribution in [0.4, 0.5) is 11.4 Å².